The van der Waals surface area contributed by atoms with Crippen LogP contribution >= 0.6 is 0 Å². The molecule has 90 valence electrons. The minimum absolute atomic E-state index is 0.0679. The Morgan fingerprint density at radius 2 is 2.06 bits per heavy atom. The van der Waals surface area contributed by atoms with Gasteiger partial charge in [-0.05, 0) is 31.1 Å². The quantitative estimate of drug-likeness (QED) is 0.533. The maximum atomic E-state index is 12.3. The molecule has 0 amide bonds. The van der Waals surface area contributed by atoms with Crippen LogP contribution in [0.2, 0.25) is 0 Å². The number of carbonyl (C=O) groups excluding carboxylic acids is 2. The first-order valence-electron chi connectivity index (χ1n) is 6.07. The molecule has 0 aromatic carbocycles. The van der Waals surface area contributed by atoms with E-state index in [2.05, 4.69) is 13.8 Å². The van der Waals surface area contributed by atoms with Gasteiger partial charge in [0.15, 0.2) is 5.78 Å². The van der Waals surface area contributed by atoms with Crippen molar-refractivity contribution >= 4 is 11.8 Å². The van der Waals surface area contributed by atoms with Gasteiger partial charge in [0, 0.05) is 5.41 Å². The van der Waals surface area contributed by atoms with E-state index in [1.54, 1.807) is 6.92 Å². The summed E-state index contributed by atoms with van der Waals surface area (Å²) in [5, 5.41) is 0. The molecule has 16 heavy (non-hydrogen) atoms. The highest BCUT2D eigenvalue weighted by Crippen LogP contribution is 2.65. The van der Waals surface area contributed by atoms with Gasteiger partial charge in [0.05, 0.1) is 6.61 Å². The summed E-state index contributed by atoms with van der Waals surface area (Å²) in [7, 11) is 0. The Balaban J connectivity index is 2.33. The van der Waals surface area contributed by atoms with Crippen LogP contribution in [0.4, 0.5) is 0 Å². The van der Waals surface area contributed by atoms with Crippen molar-refractivity contribution in [3.05, 3.63) is 0 Å². The first-order valence-corrected chi connectivity index (χ1v) is 6.07. The molecule has 3 heteroatoms. The van der Waals surface area contributed by atoms with Gasteiger partial charge in [-0.2, -0.15) is 0 Å². The van der Waals surface area contributed by atoms with Crippen LogP contribution in [0.3, 0.4) is 0 Å². The number of Topliss-reactive ketones (excluding diaryl/α,β-unsaturated/α-hetero) is 1. The Hall–Kier alpha value is -0.860. The van der Waals surface area contributed by atoms with Crippen molar-refractivity contribution < 1.29 is 14.3 Å². The van der Waals surface area contributed by atoms with Crippen molar-refractivity contribution in [1.82, 2.24) is 0 Å². The zero-order valence-corrected chi connectivity index (χ0v) is 10.5. The fourth-order valence-electron chi connectivity index (χ4n) is 3.59. The van der Waals surface area contributed by atoms with Crippen LogP contribution in [0.1, 0.15) is 40.5 Å². The maximum Gasteiger partial charge on any atom is 0.316 e. The fourth-order valence-corrected chi connectivity index (χ4v) is 3.59. The average Bonchev–Trinajstić information content (AvgIpc) is 2.50. The molecule has 2 aliphatic carbocycles. The molecule has 2 aliphatic rings. The third-order valence-corrected chi connectivity index (χ3v) is 5.07. The molecule has 2 bridgehead atoms. The zero-order chi connectivity index (χ0) is 12.1. The Bertz CT molecular complexity index is 345. The van der Waals surface area contributed by atoms with Crippen molar-refractivity contribution in [2.45, 2.75) is 40.5 Å². The van der Waals surface area contributed by atoms with Crippen LogP contribution in [0.15, 0.2) is 0 Å². The molecule has 0 aliphatic heterocycles. The highest BCUT2D eigenvalue weighted by Gasteiger charge is 2.68. The van der Waals surface area contributed by atoms with Crippen LogP contribution < -0.4 is 0 Å². The van der Waals surface area contributed by atoms with Gasteiger partial charge in [0.2, 0.25) is 0 Å². The molecule has 0 aromatic heterocycles. The Morgan fingerprint density at radius 1 is 1.44 bits per heavy atom. The number of carbonyl (C=O) groups is 2. The van der Waals surface area contributed by atoms with Gasteiger partial charge in [-0.15, -0.1) is 0 Å². The number of hydrogen-bond acceptors (Lipinski definition) is 3. The van der Waals surface area contributed by atoms with E-state index in [-0.39, 0.29) is 28.5 Å². The Labute approximate surface area is 96.5 Å². The van der Waals surface area contributed by atoms with E-state index in [0.717, 1.165) is 12.8 Å². The van der Waals surface area contributed by atoms with E-state index in [1.807, 2.05) is 6.92 Å². The molecule has 3 atom stereocenters. The predicted molar refractivity (Wildman–Crippen MR) is 59.7 cm³/mol. The maximum absolute atomic E-state index is 12.3. The average molecular weight is 224 g/mol. The topological polar surface area (TPSA) is 43.4 Å². The van der Waals surface area contributed by atoms with Crippen molar-refractivity contribution in [2.24, 2.45) is 22.7 Å². The second-order valence-electron chi connectivity index (χ2n) is 5.79. The molecular formula is C13H20O3. The normalized spacial score (nSPS) is 40.1. The lowest BCUT2D eigenvalue weighted by atomic mass is 9.70. The highest BCUT2D eigenvalue weighted by atomic mass is 16.5. The number of hydrogen-bond donors (Lipinski definition) is 0. The third-order valence-electron chi connectivity index (χ3n) is 5.07. The number of ether oxygens (including phenoxy) is 1. The van der Waals surface area contributed by atoms with Gasteiger partial charge in [0.25, 0.3) is 0 Å². The molecule has 0 saturated heterocycles. The molecule has 0 aromatic rings. The summed E-state index contributed by atoms with van der Waals surface area (Å²) < 4.78 is 5.03. The summed E-state index contributed by atoms with van der Waals surface area (Å²) in [6.07, 6.45) is 1.89. The Kier molecular flexibility index (Phi) is 2.41. The van der Waals surface area contributed by atoms with Crippen LogP contribution in [-0.4, -0.2) is 18.4 Å². The largest absolute Gasteiger partial charge is 0.465 e. The number of esters is 1. The molecule has 1 unspecified atom stereocenters. The minimum atomic E-state index is -0.506. The van der Waals surface area contributed by atoms with Gasteiger partial charge >= 0.3 is 5.97 Å². The molecule has 0 radical (unpaired) electrons. The van der Waals surface area contributed by atoms with Crippen LogP contribution in [0, 0.1) is 22.7 Å². The lowest BCUT2D eigenvalue weighted by molar-refractivity contribution is -0.154. The van der Waals surface area contributed by atoms with Gasteiger partial charge in [-0.3, -0.25) is 9.59 Å². The van der Waals surface area contributed by atoms with E-state index in [4.69, 9.17) is 4.74 Å². The van der Waals surface area contributed by atoms with Gasteiger partial charge in [-0.25, -0.2) is 0 Å². The van der Waals surface area contributed by atoms with Crippen molar-refractivity contribution in [3.8, 4) is 0 Å². The smallest absolute Gasteiger partial charge is 0.316 e. The van der Waals surface area contributed by atoms with E-state index < -0.39 is 5.92 Å². The molecule has 2 saturated carbocycles. The lowest BCUT2D eigenvalue weighted by Gasteiger charge is -2.32. The minimum Gasteiger partial charge on any atom is -0.465 e. The summed E-state index contributed by atoms with van der Waals surface area (Å²) in [6, 6.07) is 0. The molecule has 0 N–H and O–H groups in total. The summed E-state index contributed by atoms with van der Waals surface area (Å²) in [5.74, 6) is -0.543. The number of rotatable bonds is 2. The summed E-state index contributed by atoms with van der Waals surface area (Å²) in [6.45, 7) is 8.37. The van der Waals surface area contributed by atoms with Crippen LogP contribution in [-0.2, 0) is 14.3 Å². The van der Waals surface area contributed by atoms with Gasteiger partial charge in [0.1, 0.15) is 5.92 Å². The predicted octanol–water partition coefficient (Wildman–Crippen LogP) is 2.19. The summed E-state index contributed by atoms with van der Waals surface area (Å²) in [4.78, 5) is 24.2. The van der Waals surface area contributed by atoms with Crippen LogP contribution in [0.25, 0.3) is 0 Å². The second kappa shape index (κ2) is 3.31. The molecule has 0 spiro atoms. The zero-order valence-electron chi connectivity index (χ0n) is 10.5. The Morgan fingerprint density at radius 3 is 2.50 bits per heavy atom. The van der Waals surface area contributed by atoms with E-state index >= 15 is 0 Å². The molecule has 2 fully saturated rings. The molecule has 0 heterocycles. The number of ketones is 1. The lowest BCUT2D eigenvalue weighted by Crippen LogP contribution is -2.36. The van der Waals surface area contributed by atoms with E-state index in [1.165, 1.54) is 0 Å². The van der Waals surface area contributed by atoms with E-state index in [9.17, 15) is 9.59 Å². The molecule has 3 nitrogen and oxygen atoms in total. The molecule has 2 rings (SSSR count). The summed E-state index contributed by atoms with van der Waals surface area (Å²) >= 11 is 0. The summed E-state index contributed by atoms with van der Waals surface area (Å²) in [5.41, 5.74) is -0.392. The third kappa shape index (κ3) is 1.14. The van der Waals surface area contributed by atoms with Crippen LogP contribution in [0.5, 0.6) is 0 Å². The van der Waals surface area contributed by atoms with Crippen molar-refractivity contribution in [3.63, 3.8) is 0 Å². The number of fused-ring (bicyclic) bond motifs is 2. The van der Waals surface area contributed by atoms with Gasteiger partial charge < -0.3 is 4.74 Å². The second-order valence-corrected chi connectivity index (χ2v) is 5.79. The van der Waals surface area contributed by atoms with E-state index in [0.29, 0.717) is 6.61 Å². The van der Waals surface area contributed by atoms with Crippen molar-refractivity contribution in [1.29, 1.82) is 0 Å². The fraction of sp³-hybridized carbons (Fsp3) is 0.846. The first kappa shape index (κ1) is 11.6. The SMILES string of the molecule is CCOC(=O)C1C(=O)[C@@]2(C)CC[C@@H]1C2(C)C. The van der Waals surface area contributed by atoms with Gasteiger partial charge in [-0.1, -0.05) is 20.8 Å². The standard InChI is InChI=1S/C13H20O3/c1-5-16-11(15)9-8-6-7-13(4,10(9)14)12(8,2)3/h8-9H,5-7H2,1-4H3/t8-,9?,13+/m0/s1. The van der Waals surface area contributed by atoms with Crippen molar-refractivity contribution in [2.75, 3.05) is 6.61 Å². The first-order chi connectivity index (χ1) is 7.36. The molecular weight excluding hydrogens is 204 g/mol. The monoisotopic (exact) mass is 224 g/mol. The highest BCUT2D eigenvalue weighted by molar-refractivity contribution is 6.05.